The highest BCUT2D eigenvalue weighted by Gasteiger charge is 2.47. The van der Waals surface area contributed by atoms with Crippen LogP contribution in [0, 0.1) is 69.5 Å². The quantitative estimate of drug-likeness (QED) is 0.0392. The number of benzene rings is 6. The van der Waals surface area contributed by atoms with Crippen molar-refractivity contribution in [2.24, 2.45) is 69.5 Å². The lowest BCUT2D eigenvalue weighted by Gasteiger charge is -2.47. The van der Waals surface area contributed by atoms with Crippen molar-refractivity contribution in [1.82, 2.24) is 29.4 Å². The Kier molecular flexibility index (Phi) is 17.6. The molecule has 24 nitrogen and oxygen atoms in total. The minimum atomic E-state index is -4.20. The SMILES string of the molecule is [2H]c1c(OC([2H])([2H])[2H])c(OC)c([2H])c2c1C1N(CC([2H])(C([2H])([2H])C(C)(C([2H])([2H])[2H])C([2H])([2H])[2H])C([2H])(O)C1([2H])[2H])C([2H])([2H])C2([2H])[2H].[2H]c1c2c(c([2H])c(OC([2H])([2H])[2H])c1OC)C1([2H])CC(O)C(C([2H])([2H])C(C)(C([2H])([2H])[2H])C([2H])([2H])[2H])C([2H])([2H])N1CC2.[2H]c1c2c(c([2H])c(OC([2H])([2H])[2H])c1OC)C1([2H])CC(O)C(CC(C)C)C([2H])([2H])N1CC2.[2H]c1c2c(c([2H])c(OC)c1OC)C1([2H])CC(O)C(C([2H])([2H])C(C)(C([2H])([2H])[2H])C([2H])([2H])[2H])C([2H])([2H])N1CC2.[2H]c1c2c(c([2H])c(OC)c1OC)C1([2H])CC(O)C(CC(C)C)C([2H])([2H])N1CC2.[2H]c1c2c(c([2H])c(OC)c1OC)C1([2H])CC(O)C(CC(C)C)C([2H])([2H])N1CC2. The van der Waals surface area contributed by atoms with Crippen molar-refractivity contribution in [3.63, 3.8) is 0 Å². The largest absolute Gasteiger partial charge is 0.493 e. The van der Waals surface area contributed by atoms with Crippen LogP contribution in [-0.2, 0) is 38.5 Å². The Hall–Kier alpha value is -7.56. The summed E-state index contributed by atoms with van der Waals surface area (Å²) in [5.41, 5.74) is -10.3. The van der Waals surface area contributed by atoms with Crippen molar-refractivity contribution >= 4 is 0 Å². The zero-order valence-corrected chi connectivity index (χ0v) is 82.8. The lowest BCUT2D eigenvalue weighted by Crippen LogP contribution is -2.48. The number of ether oxygens (including phenoxy) is 12. The zero-order valence-electron chi connectivity index (χ0n) is 151. The van der Waals surface area contributed by atoms with Crippen LogP contribution in [0.5, 0.6) is 69.0 Å². The van der Waals surface area contributed by atoms with E-state index in [9.17, 15) is 37.5 Å². The maximum atomic E-state index is 11.5. The summed E-state index contributed by atoms with van der Waals surface area (Å²) >= 11 is 0. The van der Waals surface area contributed by atoms with E-state index in [-0.39, 0.29) is 215 Å². The molecule has 12 heterocycles. The van der Waals surface area contributed by atoms with Crippen LogP contribution in [0.15, 0.2) is 72.5 Å². The fraction of sp³-hybridized carbons (Fsp3) is 0.692. The van der Waals surface area contributed by atoms with Crippen LogP contribution in [0.2, 0.25) is 0 Å². The van der Waals surface area contributed by atoms with Gasteiger partial charge in [-0.15, -0.1) is 0 Å². The Morgan fingerprint density at radius 1 is 0.333 bits per heavy atom. The van der Waals surface area contributed by atoms with E-state index in [4.69, 9.17) is 143 Å². The van der Waals surface area contributed by atoms with Crippen LogP contribution in [0.1, 0.15) is 376 Å². The molecule has 0 spiro atoms. The summed E-state index contributed by atoms with van der Waals surface area (Å²) in [4.78, 5) is 6.09. The number of hydrogen-bond donors (Lipinski definition) is 6. The third-order valence-electron chi connectivity index (χ3n) is 25.2. The first-order chi connectivity index (χ1) is 94.0. The molecule has 0 amide bonds. The van der Waals surface area contributed by atoms with Gasteiger partial charge < -0.3 is 87.5 Å². The van der Waals surface area contributed by atoms with Gasteiger partial charge in [0.25, 0.3) is 0 Å². The summed E-state index contributed by atoms with van der Waals surface area (Å²) in [6, 6.07) is -16.8. The summed E-state index contributed by atoms with van der Waals surface area (Å²) in [6.45, 7) is -24.9. The molecular formula is C117H180N6O18. The Morgan fingerprint density at radius 2 is 0.567 bits per heavy atom. The minimum absolute atomic E-state index is 0.00489. The second-order valence-corrected chi connectivity index (χ2v) is 37.6. The van der Waals surface area contributed by atoms with E-state index in [2.05, 4.69) is 0 Å². The Balaban J connectivity index is 0.000000202. The number of piperidine rings is 6. The van der Waals surface area contributed by atoms with E-state index in [0.717, 1.165) is 24.0 Å². The first-order valence-electron chi connectivity index (χ1n) is 80.7. The van der Waals surface area contributed by atoms with Crippen molar-refractivity contribution in [2.45, 2.75) is 291 Å². The average Bonchev–Trinajstić information content (AvgIpc) is 0.649. The van der Waals surface area contributed by atoms with E-state index in [1.54, 1.807) is 0 Å². The van der Waals surface area contributed by atoms with Crippen molar-refractivity contribution in [3.8, 4) is 69.0 Å². The maximum absolute atomic E-state index is 11.5. The maximum Gasteiger partial charge on any atom is 0.161 e. The van der Waals surface area contributed by atoms with Gasteiger partial charge in [-0.1, -0.05) is 103 Å². The van der Waals surface area contributed by atoms with E-state index in [0.29, 0.717) is 69.6 Å². The number of aliphatic hydroxyl groups is 6. The van der Waals surface area contributed by atoms with Crippen molar-refractivity contribution in [3.05, 3.63) is 139 Å². The number of aliphatic hydroxyl groups excluding tert-OH is 5. The minimum Gasteiger partial charge on any atom is -0.493 e. The third-order valence-corrected chi connectivity index (χ3v) is 25.2. The van der Waals surface area contributed by atoms with Gasteiger partial charge in [-0.2, -0.15) is 0 Å². The first kappa shape index (κ1) is 51.4. The van der Waals surface area contributed by atoms with Gasteiger partial charge in [-0.3, -0.25) is 29.4 Å². The molecule has 0 radical (unpaired) electrons. The van der Waals surface area contributed by atoms with Crippen molar-refractivity contribution in [1.29, 1.82) is 0 Å². The molecule has 0 saturated carbocycles. The second kappa shape index (κ2) is 48.4. The first-order valence-corrected chi connectivity index (χ1v) is 46.7. The van der Waals surface area contributed by atoms with Gasteiger partial charge >= 0.3 is 0 Å². The summed E-state index contributed by atoms with van der Waals surface area (Å²) < 4.78 is 631. The molecule has 6 aromatic rings. The fourth-order valence-electron chi connectivity index (χ4n) is 18.8. The van der Waals surface area contributed by atoms with Gasteiger partial charge in [0.15, 0.2) is 69.0 Å². The van der Waals surface area contributed by atoms with Crippen LogP contribution < -0.4 is 56.8 Å². The molecular weight excluding hydrogens is 1780 g/mol. The molecule has 6 N–H and O–H groups in total. The number of rotatable bonds is 21. The molecule has 6 aromatic carbocycles. The van der Waals surface area contributed by atoms with Gasteiger partial charge in [0.1, 0.15) is 0 Å². The van der Waals surface area contributed by atoms with Gasteiger partial charge in [0, 0.05) is 171 Å². The topological polar surface area (TPSA) is 252 Å². The lowest BCUT2D eigenvalue weighted by atomic mass is 9.75. The number of nitrogens with zero attached hydrogens (tertiary/aromatic N) is 6. The van der Waals surface area contributed by atoms with Crippen LogP contribution in [0.3, 0.4) is 0 Å². The lowest BCUT2D eigenvalue weighted by molar-refractivity contribution is -0.0259. The molecule has 0 bridgehead atoms. The summed E-state index contributed by atoms with van der Waals surface area (Å²) in [6.07, 6.45) is -29.3. The molecule has 6 fully saturated rings. The van der Waals surface area contributed by atoms with E-state index >= 15 is 0 Å². The highest BCUT2D eigenvalue weighted by molar-refractivity contribution is 5.55. The van der Waals surface area contributed by atoms with Gasteiger partial charge in [0.2, 0.25) is 0 Å². The van der Waals surface area contributed by atoms with E-state index < -0.39 is 347 Å². The zero-order chi connectivity index (χ0) is 161. The Morgan fingerprint density at radius 3 is 0.823 bits per heavy atom. The molecule has 18 atom stereocenters. The molecule has 6 saturated heterocycles. The third kappa shape index (κ3) is 26.9. The summed E-state index contributed by atoms with van der Waals surface area (Å²) in [7, 11) is 2.06. The molecule has 12 aliphatic heterocycles. The average molecular weight is 2030 g/mol. The van der Waals surface area contributed by atoms with E-state index in [1.807, 2.05) is 41.5 Å². The molecule has 18 unspecified atom stereocenters. The number of fused-ring (bicyclic) bond motifs is 18. The predicted molar refractivity (Wildman–Crippen MR) is 561 cm³/mol. The van der Waals surface area contributed by atoms with Gasteiger partial charge in [-0.05, 0) is 324 Å². The van der Waals surface area contributed by atoms with Crippen LogP contribution in [0.4, 0.5) is 0 Å². The molecule has 0 aromatic heterocycles. The normalized spacial score (nSPS) is 42.1. The summed E-state index contributed by atoms with van der Waals surface area (Å²) in [5, 5.41) is 66.5. The van der Waals surface area contributed by atoms with Crippen molar-refractivity contribution in [2.75, 3.05) is 163 Å². The fourth-order valence-corrected chi connectivity index (χ4v) is 18.8. The summed E-state index contributed by atoms with van der Waals surface area (Å²) in [5.74, 6) is -13.2. The second-order valence-electron chi connectivity index (χ2n) is 37.6. The van der Waals surface area contributed by atoms with Gasteiger partial charge in [-0.25, -0.2) is 0 Å². The molecule has 18 rings (SSSR count). The van der Waals surface area contributed by atoms with Gasteiger partial charge in [0.05, 0.1) is 159 Å². The standard InChI is InChI=1S/3C20H31NO3.3C19H29NO3/c3*1-20(2,3)11-14-12-21-7-6-13-8-18(23-4)19(24-5)9-15(13)16(21)10-17(14)22;3*1-12(2)7-14-11-20-6-5-13-8-18(22-3)19(23-4)9-15(13)16(20)10-17(14)21/h3*8-9,14,16-17,22H,6-7,10-12H2,1-5H3;3*8-9,12,14,16-17,21H,5-7,10-11H2,1-4H3/i1D3,2D3,5D3,6D2,7D2,8D,9D,10D2,11D2,14D,17D;1D3,2D3,5D3,8D,9D,11D2,12D2,16D;1D3,2D3,8D,9D,11D2,12D2,16D;4D3,8D,9D,11D2,16D;2*8D,9D,11D2,16D. The molecule has 141 heavy (non-hydrogen) atoms. The number of methoxy groups -OCH3 is 12. The molecule has 0 aliphatic carbocycles. The number of hydrogen-bond acceptors (Lipinski definition) is 24. The monoisotopic (exact) mass is 2030 g/mol. The molecule has 786 valence electrons. The highest BCUT2D eigenvalue weighted by Crippen LogP contribution is 2.53. The van der Waals surface area contributed by atoms with E-state index in [1.165, 1.54) is 64.5 Å². The van der Waals surface area contributed by atoms with Crippen LogP contribution in [0.25, 0.3) is 0 Å². The highest BCUT2D eigenvalue weighted by atomic mass is 16.5. The van der Waals surface area contributed by atoms with Crippen LogP contribution >= 0.6 is 0 Å². The molecule has 24 heteroatoms. The van der Waals surface area contributed by atoms with Crippen molar-refractivity contribution < 1.29 is 181 Å². The Bertz CT molecular complexity index is 8260. The van der Waals surface area contributed by atoms with Crippen LogP contribution in [-0.4, -0.2) is 260 Å². The smallest absolute Gasteiger partial charge is 0.161 e. The predicted octanol–water partition coefficient (Wildman–Crippen LogP) is 19.3. The molecule has 12 aliphatic rings. The Labute approximate surface area is 941 Å².